The summed E-state index contributed by atoms with van der Waals surface area (Å²) < 4.78 is 16.4. The third kappa shape index (κ3) is 4.02. The number of rotatable bonds is 6. The summed E-state index contributed by atoms with van der Waals surface area (Å²) in [6, 6.07) is 4.63. The van der Waals surface area contributed by atoms with Gasteiger partial charge in [-0.15, -0.1) is 0 Å². The number of aromatic nitrogens is 1. The lowest BCUT2D eigenvalue weighted by atomic mass is 10.2. The van der Waals surface area contributed by atoms with Crippen molar-refractivity contribution in [2.45, 2.75) is 26.0 Å². The summed E-state index contributed by atoms with van der Waals surface area (Å²) in [6.07, 6.45) is 2.26. The molecule has 26 heavy (non-hydrogen) atoms. The number of ether oxygens (including phenoxy) is 2. The van der Waals surface area contributed by atoms with Crippen LogP contribution in [-0.4, -0.2) is 53.2 Å². The quantitative estimate of drug-likeness (QED) is 0.842. The fraction of sp³-hybridized carbons (Fsp3) is 0.389. The molecule has 1 amide bonds. The molecule has 0 saturated carbocycles. The molecule has 1 aliphatic heterocycles. The van der Waals surface area contributed by atoms with Crippen LogP contribution < -0.4 is 4.74 Å². The molecule has 2 aromatic rings. The zero-order valence-corrected chi connectivity index (χ0v) is 14.6. The molecule has 8 heteroatoms. The molecule has 1 atom stereocenters. The highest BCUT2D eigenvalue weighted by Crippen LogP contribution is 2.19. The molecule has 1 unspecified atom stereocenters. The highest BCUT2D eigenvalue weighted by atomic mass is 16.5. The highest BCUT2D eigenvalue weighted by molar-refractivity contribution is 5.94. The van der Waals surface area contributed by atoms with E-state index >= 15 is 0 Å². The van der Waals surface area contributed by atoms with E-state index in [-0.39, 0.29) is 24.1 Å². The SMILES string of the molecule is Cc1oc(CN(C)C(=O)c2ccnc(OC3CCOC3)c2)cc1C(=O)O. The zero-order chi connectivity index (χ0) is 18.7. The van der Waals surface area contributed by atoms with E-state index in [0.29, 0.717) is 36.2 Å². The molecule has 0 aliphatic carbocycles. The van der Waals surface area contributed by atoms with Crippen molar-refractivity contribution in [3.05, 3.63) is 47.0 Å². The molecule has 138 valence electrons. The summed E-state index contributed by atoms with van der Waals surface area (Å²) in [5.41, 5.74) is 0.525. The van der Waals surface area contributed by atoms with Crippen LogP contribution >= 0.6 is 0 Å². The third-order valence-electron chi connectivity index (χ3n) is 4.10. The van der Waals surface area contributed by atoms with Crippen molar-refractivity contribution in [1.29, 1.82) is 0 Å². The summed E-state index contributed by atoms with van der Waals surface area (Å²) in [7, 11) is 1.62. The Morgan fingerprint density at radius 1 is 1.42 bits per heavy atom. The summed E-state index contributed by atoms with van der Waals surface area (Å²) in [6.45, 7) is 2.91. The fourth-order valence-corrected chi connectivity index (χ4v) is 2.74. The predicted octanol–water partition coefficient (Wildman–Crippen LogP) is 2.12. The molecule has 2 aromatic heterocycles. The molecule has 0 aromatic carbocycles. The van der Waals surface area contributed by atoms with Crippen molar-refractivity contribution in [2.24, 2.45) is 0 Å². The second-order valence-corrected chi connectivity index (χ2v) is 6.14. The molecular formula is C18H20N2O6. The number of aryl methyl sites for hydroxylation is 1. The lowest BCUT2D eigenvalue weighted by Crippen LogP contribution is -2.26. The molecule has 1 N–H and O–H groups in total. The molecule has 1 aliphatic rings. The lowest BCUT2D eigenvalue weighted by molar-refractivity contribution is 0.0694. The largest absolute Gasteiger partial charge is 0.478 e. The monoisotopic (exact) mass is 360 g/mol. The first kappa shape index (κ1) is 17.9. The first-order chi connectivity index (χ1) is 12.4. The normalized spacial score (nSPS) is 16.5. The van der Waals surface area contributed by atoms with Gasteiger partial charge >= 0.3 is 5.97 Å². The van der Waals surface area contributed by atoms with Gasteiger partial charge in [0.2, 0.25) is 5.88 Å². The Morgan fingerprint density at radius 3 is 2.88 bits per heavy atom. The van der Waals surface area contributed by atoms with Crippen molar-refractivity contribution >= 4 is 11.9 Å². The van der Waals surface area contributed by atoms with Crippen molar-refractivity contribution in [1.82, 2.24) is 9.88 Å². The van der Waals surface area contributed by atoms with E-state index in [1.165, 1.54) is 17.2 Å². The number of hydrogen-bond donors (Lipinski definition) is 1. The van der Waals surface area contributed by atoms with Gasteiger partial charge in [-0.2, -0.15) is 0 Å². The Hall–Kier alpha value is -2.87. The van der Waals surface area contributed by atoms with Crippen LogP contribution in [0.15, 0.2) is 28.8 Å². The topological polar surface area (TPSA) is 102 Å². The van der Waals surface area contributed by atoms with E-state index in [1.807, 2.05) is 0 Å². The van der Waals surface area contributed by atoms with Gasteiger partial charge in [-0.05, 0) is 19.1 Å². The first-order valence-corrected chi connectivity index (χ1v) is 8.22. The van der Waals surface area contributed by atoms with Crippen LogP contribution in [0.25, 0.3) is 0 Å². The van der Waals surface area contributed by atoms with E-state index in [4.69, 9.17) is 19.0 Å². The van der Waals surface area contributed by atoms with Gasteiger partial charge in [0.15, 0.2) is 0 Å². The molecule has 3 heterocycles. The molecular weight excluding hydrogens is 340 g/mol. The number of hydrogen-bond acceptors (Lipinski definition) is 6. The Kier molecular flexibility index (Phi) is 5.22. The van der Waals surface area contributed by atoms with Gasteiger partial charge in [-0.3, -0.25) is 4.79 Å². The summed E-state index contributed by atoms with van der Waals surface area (Å²) in [5, 5.41) is 9.08. The van der Waals surface area contributed by atoms with Crippen molar-refractivity contribution < 1.29 is 28.6 Å². The van der Waals surface area contributed by atoms with Crippen molar-refractivity contribution in [3.8, 4) is 5.88 Å². The number of carboxylic acid groups (broad SMARTS) is 1. The highest BCUT2D eigenvalue weighted by Gasteiger charge is 2.20. The molecule has 8 nitrogen and oxygen atoms in total. The van der Waals surface area contributed by atoms with Gasteiger partial charge in [0.05, 0.1) is 19.8 Å². The van der Waals surface area contributed by atoms with Crippen molar-refractivity contribution in [2.75, 3.05) is 20.3 Å². The second-order valence-electron chi connectivity index (χ2n) is 6.14. The fourth-order valence-electron chi connectivity index (χ4n) is 2.74. The van der Waals surface area contributed by atoms with Crippen molar-refractivity contribution in [3.63, 3.8) is 0 Å². The van der Waals surface area contributed by atoms with Gasteiger partial charge in [-0.1, -0.05) is 0 Å². The van der Waals surface area contributed by atoms with E-state index in [2.05, 4.69) is 4.98 Å². The first-order valence-electron chi connectivity index (χ1n) is 8.22. The average molecular weight is 360 g/mol. The van der Waals surface area contributed by atoms with Gasteiger partial charge < -0.3 is 23.9 Å². The smallest absolute Gasteiger partial charge is 0.339 e. The molecule has 1 saturated heterocycles. The van der Waals surface area contributed by atoms with E-state index in [9.17, 15) is 9.59 Å². The maximum Gasteiger partial charge on any atom is 0.339 e. The number of pyridine rings is 1. The van der Waals surface area contributed by atoms with Crippen LogP contribution in [0.5, 0.6) is 5.88 Å². The molecule has 0 bridgehead atoms. The zero-order valence-electron chi connectivity index (χ0n) is 14.6. The minimum absolute atomic E-state index is 0.0499. The number of nitrogens with zero attached hydrogens (tertiary/aromatic N) is 2. The molecule has 3 rings (SSSR count). The van der Waals surface area contributed by atoms with Gasteiger partial charge in [0, 0.05) is 31.3 Å². The average Bonchev–Trinajstić information content (AvgIpc) is 3.24. The van der Waals surface area contributed by atoms with Gasteiger partial charge in [-0.25, -0.2) is 9.78 Å². The number of aromatic carboxylic acids is 1. The van der Waals surface area contributed by atoms with Crippen LogP contribution in [0.1, 0.15) is 38.7 Å². The number of carbonyl (C=O) groups is 2. The number of carboxylic acids is 1. The van der Waals surface area contributed by atoms with Crippen LogP contribution in [-0.2, 0) is 11.3 Å². The minimum Gasteiger partial charge on any atom is -0.478 e. The maximum atomic E-state index is 12.6. The Balaban J connectivity index is 1.68. The molecule has 0 radical (unpaired) electrons. The van der Waals surface area contributed by atoms with Crippen LogP contribution in [0.2, 0.25) is 0 Å². The second kappa shape index (κ2) is 7.57. The summed E-state index contributed by atoms with van der Waals surface area (Å²) in [5.74, 6) is -0.206. The predicted molar refractivity (Wildman–Crippen MR) is 90.3 cm³/mol. The Morgan fingerprint density at radius 2 is 2.23 bits per heavy atom. The van der Waals surface area contributed by atoms with Gasteiger partial charge in [0.25, 0.3) is 5.91 Å². The maximum absolute atomic E-state index is 12.6. The van der Waals surface area contributed by atoms with E-state index in [1.54, 1.807) is 26.1 Å². The third-order valence-corrected chi connectivity index (χ3v) is 4.10. The number of amides is 1. The van der Waals surface area contributed by atoms with Crippen LogP contribution in [0.4, 0.5) is 0 Å². The van der Waals surface area contributed by atoms with E-state index in [0.717, 1.165) is 6.42 Å². The van der Waals surface area contributed by atoms with E-state index < -0.39 is 5.97 Å². The summed E-state index contributed by atoms with van der Waals surface area (Å²) >= 11 is 0. The minimum atomic E-state index is -1.06. The van der Waals surface area contributed by atoms with Crippen LogP contribution in [0, 0.1) is 6.92 Å². The summed E-state index contributed by atoms with van der Waals surface area (Å²) in [4.78, 5) is 29.3. The molecule has 1 fully saturated rings. The van der Waals surface area contributed by atoms with Gasteiger partial charge in [0.1, 0.15) is 23.2 Å². The Labute approximate surface area is 150 Å². The molecule has 0 spiro atoms. The number of furan rings is 1. The number of carbonyl (C=O) groups excluding carboxylic acids is 1. The Bertz CT molecular complexity index is 810. The van der Waals surface area contributed by atoms with Crippen LogP contribution in [0.3, 0.4) is 0 Å². The lowest BCUT2D eigenvalue weighted by Gasteiger charge is -2.16. The standard InChI is InChI=1S/C18H20N2O6/c1-11-15(18(22)23)8-14(25-11)9-20(2)17(21)12-3-5-19-16(7-12)26-13-4-6-24-10-13/h3,5,7-8,13H,4,6,9-10H2,1-2H3,(H,22,23).